The van der Waals surface area contributed by atoms with Gasteiger partial charge in [-0.25, -0.2) is 9.37 Å². The van der Waals surface area contributed by atoms with Crippen molar-refractivity contribution in [1.82, 2.24) is 30.2 Å². The lowest BCUT2D eigenvalue weighted by Gasteiger charge is -2.19. The average molecular weight is 411 g/mol. The number of pyridine rings is 2. The molecule has 0 amide bonds. The van der Waals surface area contributed by atoms with Crippen LogP contribution in [0.2, 0.25) is 0 Å². The first kappa shape index (κ1) is 20.1. The fourth-order valence-electron chi connectivity index (χ4n) is 3.68. The first-order valence-corrected chi connectivity index (χ1v) is 10.4. The standard InChI is InChI=1S/C21H27FN8/c1-2-23-21(25-12-6-9-19-28-27-18-8-3-4-13-30(18)19)26-16-10-14-29(15-16)20-17(22)7-5-11-24-20/h3-5,7-8,11,13,16H,2,6,9-10,12,14-15H2,1H3,(H2,23,25,26). The predicted octanol–water partition coefficient (Wildman–Crippen LogP) is 2.03. The molecule has 1 atom stereocenters. The highest BCUT2D eigenvalue weighted by Gasteiger charge is 2.25. The maximum absolute atomic E-state index is 14.0. The Bertz CT molecular complexity index is 1000. The Balaban J connectivity index is 1.30. The minimum Gasteiger partial charge on any atom is -0.357 e. The zero-order valence-electron chi connectivity index (χ0n) is 17.1. The second kappa shape index (κ2) is 9.51. The number of rotatable bonds is 7. The molecule has 158 valence electrons. The van der Waals surface area contributed by atoms with Crippen molar-refractivity contribution in [3.63, 3.8) is 0 Å². The summed E-state index contributed by atoms with van der Waals surface area (Å²) in [6.45, 7) is 4.98. The predicted molar refractivity (Wildman–Crippen MR) is 115 cm³/mol. The second-order valence-corrected chi connectivity index (χ2v) is 7.29. The summed E-state index contributed by atoms with van der Waals surface area (Å²) in [6, 6.07) is 9.15. The Morgan fingerprint density at radius 3 is 3.07 bits per heavy atom. The SMILES string of the molecule is CCNC(=NCCCc1nnc2ccccn12)NC1CCN(c2ncccc2F)C1. The van der Waals surface area contributed by atoms with E-state index in [9.17, 15) is 4.39 Å². The highest BCUT2D eigenvalue weighted by atomic mass is 19.1. The van der Waals surface area contributed by atoms with Gasteiger partial charge in [-0.1, -0.05) is 6.07 Å². The molecule has 1 fully saturated rings. The maximum atomic E-state index is 14.0. The van der Waals surface area contributed by atoms with Gasteiger partial charge < -0.3 is 15.5 Å². The van der Waals surface area contributed by atoms with Crippen LogP contribution < -0.4 is 15.5 Å². The minimum absolute atomic E-state index is 0.199. The van der Waals surface area contributed by atoms with Crippen molar-refractivity contribution < 1.29 is 4.39 Å². The van der Waals surface area contributed by atoms with E-state index in [1.165, 1.54) is 6.07 Å². The Morgan fingerprint density at radius 1 is 1.27 bits per heavy atom. The highest BCUT2D eigenvalue weighted by molar-refractivity contribution is 5.80. The van der Waals surface area contributed by atoms with Crippen LogP contribution in [0.25, 0.3) is 5.65 Å². The quantitative estimate of drug-likeness (QED) is 0.352. The van der Waals surface area contributed by atoms with Crippen LogP contribution in [0.3, 0.4) is 0 Å². The maximum Gasteiger partial charge on any atom is 0.191 e. The second-order valence-electron chi connectivity index (χ2n) is 7.29. The van der Waals surface area contributed by atoms with E-state index in [1.807, 2.05) is 40.6 Å². The van der Waals surface area contributed by atoms with Crippen LogP contribution in [0.4, 0.5) is 10.2 Å². The Labute approximate surface area is 175 Å². The molecule has 9 heteroatoms. The van der Waals surface area contributed by atoms with E-state index in [-0.39, 0.29) is 11.9 Å². The Morgan fingerprint density at radius 2 is 2.20 bits per heavy atom. The molecule has 0 aromatic carbocycles. The number of fused-ring (bicyclic) bond motifs is 1. The van der Waals surface area contributed by atoms with Gasteiger partial charge in [0.15, 0.2) is 23.2 Å². The number of hydrogen-bond donors (Lipinski definition) is 2. The van der Waals surface area contributed by atoms with Crippen molar-refractivity contribution >= 4 is 17.4 Å². The minimum atomic E-state index is -0.278. The number of nitrogens with zero attached hydrogens (tertiary/aromatic N) is 6. The van der Waals surface area contributed by atoms with Gasteiger partial charge in [-0.3, -0.25) is 9.39 Å². The van der Waals surface area contributed by atoms with Crippen molar-refractivity contribution in [3.05, 3.63) is 54.4 Å². The van der Waals surface area contributed by atoms with Gasteiger partial charge in [0.1, 0.15) is 5.82 Å². The number of anilines is 1. The summed E-state index contributed by atoms with van der Waals surface area (Å²) < 4.78 is 16.0. The molecule has 4 rings (SSSR count). The lowest BCUT2D eigenvalue weighted by molar-refractivity contribution is 0.612. The zero-order chi connectivity index (χ0) is 20.8. The van der Waals surface area contributed by atoms with Gasteiger partial charge in [-0.2, -0.15) is 0 Å². The molecule has 0 spiro atoms. The molecule has 8 nitrogen and oxygen atoms in total. The zero-order valence-corrected chi connectivity index (χ0v) is 17.1. The summed E-state index contributed by atoms with van der Waals surface area (Å²) in [6.07, 6.45) is 6.21. The largest absolute Gasteiger partial charge is 0.357 e. The van der Waals surface area contributed by atoms with Gasteiger partial charge in [-0.15, -0.1) is 10.2 Å². The first-order chi connectivity index (χ1) is 14.7. The van der Waals surface area contributed by atoms with E-state index >= 15 is 0 Å². The van der Waals surface area contributed by atoms with Gasteiger partial charge >= 0.3 is 0 Å². The van der Waals surface area contributed by atoms with Crippen molar-refractivity contribution in [2.75, 3.05) is 31.1 Å². The number of halogens is 1. The van der Waals surface area contributed by atoms with Crippen LogP contribution >= 0.6 is 0 Å². The van der Waals surface area contributed by atoms with Gasteiger partial charge in [-0.05, 0) is 44.0 Å². The lowest BCUT2D eigenvalue weighted by Crippen LogP contribution is -2.44. The molecule has 0 aliphatic carbocycles. The van der Waals surface area contributed by atoms with E-state index in [1.54, 1.807) is 12.3 Å². The molecule has 1 aliphatic heterocycles. The molecule has 3 aromatic heterocycles. The number of aryl methyl sites for hydroxylation is 1. The Kier molecular flexibility index (Phi) is 6.36. The van der Waals surface area contributed by atoms with Crippen molar-refractivity contribution in [2.45, 2.75) is 32.2 Å². The highest BCUT2D eigenvalue weighted by Crippen LogP contribution is 2.20. The third-order valence-corrected chi connectivity index (χ3v) is 5.12. The van der Waals surface area contributed by atoms with Gasteiger partial charge in [0.2, 0.25) is 0 Å². The van der Waals surface area contributed by atoms with Crippen LogP contribution in [-0.2, 0) is 6.42 Å². The number of aromatic nitrogens is 4. The van der Waals surface area contributed by atoms with E-state index in [0.29, 0.717) is 18.9 Å². The summed E-state index contributed by atoms with van der Waals surface area (Å²) in [4.78, 5) is 10.9. The van der Waals surface area contributed by atoms with E-state index in [4.69, 9.17) is 4.99 Å². The summed E-state index contributed by atoms with van der Waals surface area (Å²) >= 11 is 0. The molecular formula is C21H27FN8. The fraction of sp³-hybridized carbons (Fsp3) is 0.429. The molecular weight excluding hydrogens is 383 g/mol. The van der Waals surface area contributed by atoms with Crippen LogP contribution in [0.5, 0.6) is 0 Å². The van der Waals surface area contributed by atoms with Crippen molar-refractivity contribution in [2.24, 2.45) is 4.99 Å². The third kappa shape index (κ3) is 4.67. The molecule has 4 heterocycles. The lowest BCUT2D eigenvalue weighted by atomic mass is 10.2. The van der Waals surface area contributed by atoms with Crippen LogP contribution in [0.15, 0.2) is 47.7 Å². The average Bonchev–Trinajstić information content (AvgIpc) is 3.39. The number of aliphatic imine (C=N–C) groups is 1. The smallest absolute Gasteiger partial charge is 0.191 e. The number of nitrogens with one attached hydrogen (secondary N) is 2. The van der Waals surface area contributed by atoms with Gasteiger partial charge in [0.25, 0.3) is 0 Å². The summed E-state index contributed by atoms with van der Waals surface area (Å²) in [5.41, 5.74) is 0.862. The van der Waals surface area contributed by atoms with Crippen LogP contribution in [0, 0.1) is 5.82 Å². The van der Waals surface area contributed by atoms with Gasteiger partial charge in [0.05, 0.1) is 0 Å². The molecule has 30 heavy (non-hydrogen) atoms. The molecule has 0 radical (unpaired) electrons. The molecule has 1 saturated heterocycles. The van der Waals surface area contributed by atoms with Crippen molar-refractivity contribution in [1.29, 1.82) is 0 Å². The fourth-order valence-corrected chi connectivity index (χ4v) is 3.68. The summed E-state index contributed by atoms with van der Waals surface area (Å²) in [5.74, 6) is 1.88. The normalized spacial score (nSPS) is 16.9. The monoisotopic (exact) mass is 410 g/mol. The van der Waals surface area contributed by atoms with Crippen molar-refractivity contribution in [3.8, 4) is 0 Å². The van der Waals surface area contributed by atoms with Gasteiger partial charge in [0, 0.05) is 51.0 Å². The topological polar surface area (TPSA) is 82.7 Å². The van der Waals surface area contributed by atoms with E-state index in [0.717, 1.165) is 49.8 Å². The van der Waals surface area contributed by atoms with E-state index in [2.05, 4.69) is 25.8 Å². The molecule has 0 saturated carbocycles. The molecule has 3 aromatic rings. The van der Waals surface area contributed by atoms with Crippen LogP contribution in [-0.4, -0.2) is 57.8 Å². The summed E-state index contributed by atoms with van der Waals surface area (Å²) in [5, 5.41) is 15.2. The van der Waals surface area contributed by atoms with Crippen LogP contribution in [0.1, 0.15) is 25.6 Å². The third-order valence-electron chi connectivity index (χ3n) is 5.12. The molecule has 0 bridgehead atoms. The number of hydrogen-bond acceptors (Lipinski definition) is 5. The van der Waals surface area contributed by atoms with E-state index < -0.39 is 0 Å². The molecule has 2 N–H and O–H groups in total. The first-order valence-electron chi connectivity index (χ1n) is 10.4. The number of guanidine groups is 1. The summed E-state index contributed by atoms with van der Waals surface area (Å²) in [7, 11) is 0. The Hall–Kier alpha value is -3.23. The molecule has 1 aliphatic rings. The molecule has 1 unspecified atom stereocenters.